The summed E-state index contributed by atoms with van der Waals surface area (Å²) in [5, 5.41) is 33.3. The summed E-state index contributed by atoms with van der Waals surface area (Å²) in [6.07, 6.45) is -2.15. The summed E-state index contributed by atoms with van der Waals surface area (Å²) >= 11 is 0. The predicted molar refractivity (Wildman–Crippen MR) is 214 cm³/mol. The largest absolute Gasteiger partial charge is 0.508 e. The molecule has 5 aromatic rings. The highest BCUT2D eigenvalue weighted by atomic mass is 32.2. The molecule has 6 atom stereocenters. The molecule has 1 amide bonds. The molecule has 0 unspecified atom stereocenters. The summed E-state index contributed by atoms with van der Waals surface area (Å²) < 4.78 is 42.6. The molecule has 1 saturated heterocycles. The van der Waals surface area contributed by atoms with Crippen molar-refractivity contribution in [2.75, 3.05) is 25.5 Å². The van der Waals surface area contributed by atoms with Crippen LogP contribution in [0, 0.1) is 12.8 Å². The maximum Gasteiger partial charge on any atom is 0.242 e. The van der Waals surface area contributed by atoms with E-state index >= 15 is 0 Å². The van der Waals surface area contributed by atoms with Crippen molar-refractivity contribution in [3.05, 3.63) is 161 Å². The van der Waals surface area contributed by atoms with Gasteiger partial charge in [0, 0.05) is 30.3 Å². The van der Waals surface area contributed by atoms with Gasteiger partial charge in [-0.3, -0.25) is 4.79 Å². The second-order valence-corrected chi connectivity index (χ2v) is 16.2. The number of aryl methyl sites for hydroxylation is 1. The van der Waals surface area contributed by atoms with E-state index < -0.39 is 34.4 Å². The third-order valence-corrected chi connectivity index (χ3v) is 11.5. The van der Waals surface area contributed by atoms with Gasteiger partial charge in [-0.15, -0.1) is 0 Å². The number of hydrogen-bond acceptors (Lipinski definition) is 9. The Bertz CT molecular complexity index is 2150. The van der Waals surface area contributed by atoms with Crippen LogP contribution in [0.25, 0.3) is 0 Å². The molecule has 294 valence electrons. The predicted octanol–water partition coefficient (Wildman–Crippen LogP) is 6.18. The van der Waals surface area contributed by atoms with Crippen molar-refractivity contribution < 1.29 is 38.0 Å². The number of rotatable bonds is 15. The van der Waals surface area contributed by atoms with Crippen molar-refractivity contribution in [2.24, 2.45) is 5.92 Å². The number of phenols is 1. The van der Waals surface area contributed by atoms with E-state index in [1.54, 1.807) is 60.7 Å². The Morgan fingerprint density at radius 3 is 2.18 bits per heavy atom. The van der Waals surface area contributed by atoms with E-state index in [4.69, 9.17) is 9.47 Å². The van der Waals surface area contributed by atoms with Crippen molar-refractivity contribution >= 4 is 21.6 Å². The minimum atomic E-state index is -4.01. The Hall–Kier alpha value is -4.92. The number of aromatic hydroxyl groups is 1. The number of likely N-dealkylation sites (N-methyl/N-ethyl adjacent to an activating group) is 1. The van der Waals surface area contributed by atoms with E-state index in [0.717, 1.165) is 22.3 Å². The first-order valence-electron chi connectivity index (χ1n) is 18.6. The Morgan fingerprint density at radius 1 is 0.839 bits per heavy atom. The van der Waals surface area contributed by atoms with E-state index in [0.29, 0.717) is 29.9 Å². The zero-order valence-corrected chi connectivity index (χ0v) is 32.5. The highest BCUT2D eigenvalue weighted by Crippen LogP contribution is 2.42. The van der Waals surface area contributed by atoms with Crippen molar-refractivity contribution in [1.29, 1.82) is 0 Å². The molecular weight excluding hydrogens is 731 g/mol. The van der Waals surface area contributed by atoms with Crippen LogP contribution in [0.5, 0.6) is 5.75 Å². The van der Waals surface area contributed by atoms with Crippen LogP contribution < -0.4 is 10.0 Å². The zero-order chi connectivity index (χ0) is 39.8. The molecule has 56 heavy (non-hydrogen) atoms. The molecule has 6 rings (SSSR count). The summed E-state index contributed by atoms with van der Waals surface area (Å²) in [5.41, 5.74) is 5.21. The summed E-state index contributed by atoms with van der Waals surface area (Å²) in [7, 11) is -2.11. The number of nitrogens with zero attached hydrogens (tertiary/aromatic N) is 1. The summed E-state index contributed by atoms with van der Waals surface area (Å²) in [6.45, 7) is 4.63. The second-order valence-electron chi connectivity index (χ2n) is 14.4. The Kier molecular flexibility index (Phi) is 13.3. The molecule has 5 aromatic carbocycles. The molecule has 0 aromatic heterocycles. The molecule has 12 heteroatoms. The summed E-state index contributed by atoms with van der Waals surface area (Å²) in [6, 6.07) is 35.8. The van der Waals surface area contributed by atoms with Crippen molar-refractivity contribution in [2.45, 2.75) is 62.4 Å². The third kappa shape index (κ3) is 10.5. The fourth-order valence-electron chi connectivity index (χ4n) is 6.81. The lowest BCUT2D eigenvalue weighted by molar-refractivity contribution is -0.276. The lowest BCUT2D eigenvalue weighted by Crippen LogP contribution is -2.45. The molecule has 1 aliphatic rings. The number of amides is 1. The topological polar surface area (TPSA) is 158 Å². The van der Waals surface area contributed by atoms with E-state index in [2.05, 4.69) is 17.0 Å². The van der Waals surface area contributed by atoms with Crippen LogP contribution in [0.1, 0.15) is 58.8 Å². The highest BCUT2D eigenvalue weighted by molar-refractivity contribution is 7.89. The number of aliphatic hydroxyl groups is 2. The first-order valence-corrected chi connectivity index (χ1v) is 20.1. The van der Waals surface area contributed by atoms with E-state index in [-0.39, 0.29) is 41.8 Å². The van der Waals surface area contributed by atoms with E-state index in [9.17, 15) is 28.5 Å². The van der Waals surface area contributed by atoms with E-state index in [1.807, 2.05) is 73.5 Å². The lowest BCUT2D eigenvalue weighted by Gasteiger charge is -2.42. The zero-order valence-electron chi connectivity index (χ0n) is 31.7. The van der Waals surface area contributed by atoms with Gasteiger partial charge in [-0.1, -0.05) is 103 Å². The number of carbonyl (C=O) groups excluding carboxylic acids is 1. The number of anilines is 1. The molecule has 1 fully saturated rings. The number of hydrogen-bond donors (Lipinski definition) is 5. The molecule has 1 heterocycles. The van der Waals surface area contributed by atoms with Gasteiger partial charge in [0.15, 0.2) is 6.29 Å². The van der Waals surface area contributed by atoms with Crippen molar-refractivity contribution in [3.63, 3.8) is 0 Å². The fourth-order valence-corrected chi connectivity index (χ4v) is 8.00. The first kappa shape index (κ1) is 40.7. The molecule has 0 spiro atoms. The summed E-state index contributed by atoms with van der Waals surface area (Å²) in [5.74, 6) is -0.530. The van der Waals surface area contributed by atoms with Crippen LogP contribution in [0.2, 0.25) is 0 Å². The number of benzene rings is 5. The van der Waals surface area contributed by atoms with Crippen LogP contribution in [-0.2, 0) is 37.3 Å². The summed E-state index contributed by atoms with van der Waals surface area (Å²) in [4.78, 5) is 15.8. The Labute approximate surface area is 328 Å². The van der Waals surface area contributed by atoms with Gasteiger partial charge >= 0.3 is 0 Å². The van der Waals surface area contributed by atoms with Gasteiger partial charge in [0.05, 0.1) is 29.8 Å². The molecule has 5 N–H and O–H groups in total. The molecule has 0 radical (unpaired) electrons. The minimum Gasteiger partial charge on any atom is -0.508 e. The number of sulfonamides is 1. The maximum absolute atomic E-state index is 13.7. The molecule has 1 aliphatic heterocycles. The van der Waals surface area contributed by atoms with E-state index in [1.165, 1.54) is 12.1 Å². The fraction of sp³-hybridized carbons (Fsp3) is 0.295. The van der Waals surface area contributed by atoms with Gasteiger partial charge in [-0.2, -0.15) is 4.72 Å². The first-order chi connectivity index (χ1) is 26.9. The van der Waals surface area contributed by atoms with Crippen LogP contribution in [-0.4, -0.2) is 66.8 Å². The van der Waals surface area contributed by atoms with Crippen LogP contribution >= 0.6 is 0 Å². The lowest BCUT2D eigenvalue weighted by atomic mass is 9.90. The van der Waals surface area contributed by atoms with Crippen molar-refractivity contribution in [1.82, 2.24) is 9.62 Å². The molecule has 0 aliphatic carbocycles. The Morgan fingerprint density at radius 2 is 1.52 bits per heavy atom. The maximum atomic E-state index is 13.7. The van der Waals surface area contributed by atoms with Gasteiger partial charge in [0.2, 0.25) is 15.9 Å². The average Bonchev–Trinajstić information content (AvgIpc) is 3.19. The molecule has 11 nitrogen and oxygen atoms in total. The number of aliphatic hydroxyl groups excluding tert-OH is 2. The normalized spacial score (nSPS) is 19.7. The highest BCUT2D eigenvalue weighted by Gasteiger charge is 2.39. The molecular formula is C44H49N3O8S. The van der Waals surface area contributed by atoms with Gasteiger partial charge < -0.3 is 35.0 Å². The SMILES string of the molecule is Cc1ccc(S(=O)(=O)N[C@H](Cc2ccccc2)C(=O)Nc2ccc([C@@H]3O[C@H](CN(C)C[C@@H](O)c4cccc(O)c4)[C@H](C)[C@H](c4ccc(CO)cc4)O3)cc2)cc1. The van der Waals surface area contributed by atoms with Crippen LogP contribution in [0.15, 0.2) is 132 Å². The smallest absolute Gasteiger partial charge is 0.242 e. The third-order valence-electron chi connectivity index (χ3n) is 10.0. The monoisotopic (exact) mass is 779 g/mol. The standard InChI is InChI=1S/C44H49N3O8S/c1-29-12-22-38(23-13-29)56(52,53)46-39(24-31-8-5-4-6-9-31)43(51)45-36-20-18-34(19-21-36)44-54-41(27-47(3)26-40(50)35-10-7-11-37(49)25-35)30(2)42(55-44)33-16-14-32(28-48)15-17-33/h4-23,25,30,39-42,44,46,48-50H,24,26-28H2,1-3H3,(H,45,51)/t30-,39+,40+,41+,42+,44+/m0/s1. The van der Waals surface area contributed by atoms with Crippen LogP contribution in [0.3, 0.4) is 0 Å². The molecule has 0 bridgehead atoms. The van der Waals surface area contributed by atoms with Gasteiger partial charge in [-0.25, -0.2) is 8.42 Å². The van der Waals surface area contributed by atoms with Gasteiger partial charge in [-0.05, 0) is 79.0 Å². The molecule has 0 saturated carbocycles. The van der Waals surface area contributed by atoms with Gasteiger partial charge in [0.1, 0.15) is 11.8 Å². The minimum absolute atomic E-state index is 0.0694. The number of nitrogens with one attached hydrogen (secondary N) is 2. The number of phenolic OH excluding ortho intramolecular Hbond substituents is 1. The average molecular weight is 780 g/mol. The number of carbonyl (C=O) groups is 1. The Balaban J connectivity index is 1.19. The quantitative estimate of drug-likeness (QED) is 0.0838. The second kappa shape index (κ2) is 18.4. The van der Waals surface area contributed by atoms with Crippen molar-refractivity contribution in [3.8, 4) is 5.75 Å². The van der Waals surface area contributed by atoms with Gasteiger partial charge in [0.25, 0.3) is 0 Å². The number of ether oxygens (including phenoxy) is 2. The van der Waals surface area contributed by atoms with Crippen LogP contribution in [0.4, 0.5) is 5.69 Å².